The van der Waals surface area contributed by atoms with Crippen LogP contribution in [0.25, 0.3) is 11.5 Å². The van der Waals surface area contributed by atoms with Crippen molar-refractivity contribution in [3.8, 4) is 11.5 Å². The maximum atomic E-state index is 11.6. The fourth-order valence-corrected chi connectivity index (χ4v) is 1.65. The first-order chi connectivity index (χ1) is 8.69. The summed E-state index contributed by atoms with van der Waals surface area (Å²) < 4.78 is 1.68. The highest BCUT2D eigenvalue weighted by atomic mass is 16.1. The van der Waals surface area contributed by atoms with Crippen molar-refractivity contribution in [1.29, 1.82) is 0 Å². The van der Waals surface area contributed by atoms with Gasteiger partial charge in [0.2, 0.25) is 0 Å². The molecule has 2 N–H and O–H groups in total. The van der Waals surface area contributed by atoms with Crippen LogP contribution in [-0.2, 0) is 13.6 Å². The second kappa shape index (κ2) is 5.59. The van der Waals surface area contributed by atoms with Crippen molar-refractivity contribution in [2.24, 2.45) is 7.05 Å². The largest absolute Gasteiger partial charge is 0.311 e. The van der Waals surface area contributed by atoms with Gasteiger partial charge in [-0.25, -0.2) is 4.98 Å². The number of nitrogens with one attached hydrogen (secondary N) is 2. The molecule has 6 heteroatoms. The van der Waals surface area contributed by atoms with Crippen molar-refractivity contribution < 1.29 is 0 Å². The Morgan fingerprint density at radius 2 is 2.33 bits per heavy atom. The summed E-state index contributed by atoms with van der Waals surface area (Å²) >= 11 is 0. The molecule has 0 bridgehead atoms. The number of aryl methyl sites for hydroxylation is 1. The summed E-state index contributed by atoms with van der Waals surface area (Å²) in [5.41, 5.74) is 1.25. The van der Waals surface area contributed by atoms with E-state index in [-0.39, 0.29) is 5.56 Å². The Labute approximate surface area is 105 Å². The molecule has 0 saturated heterocycles. The zero-order valence-electron chi connectivity index (χ0n) is 10.6. The third kappa shape index (κ3) is 3.04. The first-order valence-corrected chi connectivity index (χ1v) is 6.00. The monoisotopic (exact) mass is 247 g/mol. The van der Waals surface area contributed by atoms with Gasteiger partial charge in [0.05, 0.1) is 5.69 Å². The van der Waals surface area contributed by atoms with E-state index in [2.05, 4.69) is 27.3 Å². The van der Waals surface area contributed by atoms with Crippen LogP contribution in [0.2, 0.25) is 0 Å². The topological polar surface area (TPSA) is 75.6 Å². The number of hydrogen-bond acceptors (Lipinski definition) is 4. The Bertz CT molecular complexity index is 572. The van der Waals surface area contributed by atoms with E-state index in [1.807, 2.05) is 19.3 Å². The molecule has 18 heavy (non-hydrogen) atoms. The minimum Gasteiger partial charge on any atom is -0.311 e. The summed E-state index contributed by atoms with van der Waals surface area (Å²) in [6.07, 6.45) is 2.87. The van der Waals surface area contributed by atoms with Crippen LogP contribution >= 0.6 is 0 Å². The summed E-state index contributed by atoms with van der Waals surface area (Å²) in [4.78, 5) is 18.7. The van der Waals surface area contributed by atoms with Gasteiger partial charge >= 0.3 is 0 Å². The lowest BCUT2D eigenvalue weighted by Crippen LogP contribution is -2.18. The number of H-pyrrole nitrogens is 1. The Hall–Kier alpha value is -1.95. The lowest BCUT2D eigenvalue weighted by Gasteiger charge is -2.03. The highest BCUT2D eigenvalue weighted by molar-refractivity contribution is 5.47. The van der Waals surface area contributed by atoms with Gasteiger partial charge < -0.3 is 10.3 Å². The van der Waals surface area contributed by atoms with E-state index in [9.17, 15) is 4.79 Å². The molecule has 2 aromatic rings. The first kappa shape index (κ1) is 12.5. The second-order valence-electron chi connectivity index (χ2n) is 4.14. The van der Waals surface area contributed by atoms with E-state index in [0.717, 1.165) is 18.7 Å². The van der Waals surface area contributed by atoms with Gasteiger partial charge in [0.25, 0.3) is 5.56 Å². The van der Waals surface area contributed by atoms with Crippen LogP contribution in [0, 0.1) is 0 Å². The molecular weight excluding hydrogens is 230 g/mol. The van der Waals surface area contributed by atoms with Crippen molar-refractivity contribution in [3.05, 3.63) is 34.4 Å². The van der Waals surface area contributed by atoms with Crippen LogP contribution in [0.4, 0.5) is 0 Å². The predicted octanol–water partition coefficient (Wildman–Crippen LogP) is 0.670. The van der Waals surface area contributed by atoms with Gasteiger partial charge in [-0.05, 0) is 19.0 Å². The number of rotatable bonds is 5. The van der Waals surface area contributed by atoms with Gasteiger partial charge in [0.15, 0.2) is 5.82 Å². The Balaban J connectivity index is 2.24. The fourth-order valence-electron chi connectivity index (χ4n) is 1.65. The number of hydrogen-bond donors (Lipinski definition) is 2. The van der Waals surface area contributed by atoms with E-state index >= 15 is 0 Å². The summed E-state index contributed by atoms with van der Waals surface area (Å²) in [5.74, 6) is 0.511. The van der Waals surface area contributed by atoms with E-state index in [0.29, 0.717) is 18.1 Å². The molecule has 0 atom stereocenters. The van der Waals surface area contributed by atoms with E-state index in [1.165, 1.54) is 6.07 Å². The van der Waals surface area contributed by atoms with Crippen molar-refractivity contribution in [1.82, 2.24) is 25.1 Å². The Kier molecular flexibility index (Phi) is 3.88. The minimum absolute atomic E-state index is 0.154. The molecule has 0 aromatic carbocycles. The smallest absolute Gasteiger partial charge is 0.251 e. The SMILES string of the molecule is CCCNCc1cc(=O)[nH]c(-c2ccn(C)n2)n1. The summed E-state index contributed by atoms with van der Waals surface area (Å²) in [5, 5.41) is 7.44. The maximum Gasteiger partial charge on any atom is 0.251 e. The van der Waals surface area contributed by atoms with Crippen LogP contribution in [0.15, 0.2) is 23.1 Å². The fraction of sp³-hybridized carbons (Fsp3) is 0.417. The van der Waals surface area contributed by atoms with E-state index in [4.69, 9.17) is 0 Å². The van der Waals surface area contributed by atoms with Crippen LogP contribution < -0.4 is 10.9 Å². The molecule has 0 amide bonds. The number of nitrogens with zero attached hydrogens (tertiary/aromatic N) is 3. The lowest BCUT2D eigenvalue weighted by molar-refractivity contribution is 0.662. The van der Waals surface area contributed by atoms with Crippen LogP contribution in [-0.4, -0.2) is 26.3 Å². The molecule has 0 aliphatic heterocycles. The van der Waals surface area contributed by atoms with Crippen LogP contribution in [0.5, 0.6) is 0 Å². The molecule has 2 rings (SSSR count). The minimum atomic E-state index is -0.154. The standard InChI is InChI=1S/C12H17N5O/c1-3-5-13-8-9-7-11(18)15-12(14-9)10-4-6-17(2)16-10/h4,6-7,13H,3,5,8H2,1-2H3,(H,14,15,18). The molecule has 0 saturated carbocycles. The van der Waals surface area contributed by atoms with Gasteiger partial charge in [-0.15, -0.1) is 0 Å². The molecular formula is C12H17N5O. The molecule has 0 fully saturated rings. The zero-order valence-corrected chi connectivity index (χ0v) is 10.6. The highest BCUT2D eigenvalue weighted by Crippen LogP contribution is 2.09. The Morgan fingerprint density at radius 1 is 1.50 bits per heavy atom. The average Bonchev–Trinajstić information content (AvgIpc) is 2.76. The van der Waals surface area contributed by atoms with Crippen LogP contribution in [0.1, 0.15) is 19.0 Å². The highest BCUT2D eigenvalue weighted by Gasteiger charge is 2.06. The molecule has 0 spiro atoms. The molecule has 0 aliphatic carbocycles. The van der Waals surface area contributed by atoms with Gasteiger partial charge in [0.1, 0.15) is 5.69 Å². The van der Waals surface area contributed by atoms with Crippen molar-refractivity contribution >= 4 is 0 Å². The molecule has 0 unspecified atom stereocenters. The first-order valence-electron chi connectivity index (χ1n) is 6.00. The molecule has 2 aromatic heterocycles. The lowest BCUT2D eigenvalue weighted by atomic mass is 10.3. The quantitative estimate of drug-likeness (QED) is 0.761. The number of aromatic nitrogens is 4. The van der Waals surface area contributed by atoms with Crippen LogP contribution in [0.3, 0.4) is 0 Å². The van der Waals surface area contributed by atoms with E-state index < -0.39 is 0 Å². The molecule has 96 valence electrons. The molecule has 0 aliphatic rings. The van der Waals surface area contributed by atoms with Gasteiger partial charge in [-0.2, -0.15) is 5.10 Å². The third-order valence-corrected chi connectivity index (χ3v) is 2.48. The normalized spacial score (nSPS) is 10.8. The summed E-state index contributed by atoms with van der Waals surface area (Å²) in [7, 11) is 1.83. The van der Waals surface area contributed by atoms with Gasteiger partial charge in [-0.1, -0.05) is 6.92 Å². The van der Waals surface area contributed by atoms with Gasteiger partial charge in [0, 0.05) is 25.9 Å². The second-order valence-corrected chi connectivity index (χ2v) is 4.14. The molecule has 6 nitrogen and oxygen atoms in total. The predicted molar refractivity (Wildman–Crippen MR) is 69.1 cm³/mol. The Morgan fingerprint density at radius 3 is 3.00 bits per heavy atom. The zero-order chi connectivity index (χ0) is 13.0. The molecule has 0 radical (unpaired) electrons. The van der Waals surface area contributed by atoms with Gasteiger partial charge in [-0.3, -0.25) is 9.48 Å². The van der Waals surface area contributed by atoms with Crippen molar-refractivity contribution in [2.75, 3.05) is 6.54 Å². The summed E-state index contributed by atoms with van der Waals surface area (Å²) in [6, 6.07) is 3.33. The van der Waals surface area contributed by atoms with E-state index in [1.54, 1.807) is 4.68 Å². The third-order valence-electron chi connectivity index (χ3n) is 2.48. The summed E-state index contributed by atoms with van der Waals surface area (Å²) in [6.45, 7) is 3.60. The molecule has 2 heterocycles. The van der Waals surface area contributed by atoms with Crippen molar-refractivity contribution in [3.63, 3.8) is 0 Å². The van der Waals surface area contributed by atoms with Crippen molar-refractivity contribution in [2.45, 2.75) is 19.9 Å². The maximum absolute atomic E-state index is 11.6. The average molecular weight is 247 g/mol. The number of aromatic amines is 1.